The minimum Gasteiger partial charge on any atom is -0.283 e. The molecule has 1 aromatic rings. The van der Waals surface area contributed by atoms with Crippen LogP contribution in [-0.4, -0.2) is 44.0 Å². The van der Waals surface area contributed by atoms with Gasteiger partial charge in [0.2, 0.25) is 0 Å². The van der Waals surface area contributed by atoms with Gasteiger partial charge in [0.05, 0.1) is 0 Å². The van der Waals surface area contributed by atoms with Crippen LogP contribution in [0.15, 0.2) is 4.60 Å². The number of hydrogen-bond donors (Lipinski definition) is 0. The van der Waals surface area contributed by atoms with Crippen molar-refractivity contribution in [3.8, 4) is 0 Å². The van der Waals surface area contributed by atoms with E-state index in [1.165, 1.54) is 17.1 Å². The first-order valence-corrected chi connectivity index (χ1v) is 9.05. The van der Waals surface area contributed by atoms with E-state index in [-0.39, 0.29) is 4.20 Å². The molecule has 1 aromatic heterocycles. The number of hydrogen-bond acceptors (Lipinski definition) is 4. The van der Waals surface area contributed by atoms with Gasteiger partial charge in [-0.05, 0) is 29.4 Å². The van der Waals surface area contributed by atoms with Gasteiger partial charge in [-0.3, -0.25) is 9.58 Å². The van der Waals surface area contributed by atoms with Gasteiger partial charge in [-0.2, -0.15) is 5.10 Å². The molecule has 3 nitrogen and oxygen atoms in total. The molecule has 1 atom stereocenters. The largest absolute Gasteiger partial charge is 0.283 e. The van der Waals surface area contributed by atoms with Crippen molar-refractivity contribution in [2.24, 2.45) is 7.05 Å². The van der Waals surface area contributed by atoms with E-state index in [9.17, 15) is 0 Å². The summed E-state index contributed by atoms with van der Waals surface area (Å²) in [5.41, 5.74) is 1.18. The average Bonchev–Trinajstić information content (AvgIpc) is 2.94. The molecule has 0 radical (unpaired) electrons. The molecule has 0 saturated carbocycles. The molecule has 18 heavy (non-hydrogen) atoms. The van der Waals surface area contributed by atoms with E-state index in [4.69, 9.17) is 11.6 Å². The summed E-state index contributed by atoms with van der Waals surface area (Å²) < 4.78 is 2.92. The predicted octanol–water partition coefficient (Wildman–Crippen LogP) is 3.39. The first-order chi connectivity index (χ1) is 8.53. The molecule has 2 aliphatic heterocycles. The number of halogens is 2. The van der Waals surface area contributed by atoms with Gasteiger partial charge in [-0.15, -0.1) is 23.5 Å². The molecule has 0 bridgehead atoms. The zero-order valence-electron chi connectivity index (χ0n) is 10.3. The summed E-state index contributed by atoms with van der Waals surface area (Å²) in [5, 5.41) is 5.13. The highest BCUT2D eigenvalue weighted by Gasteiger charge is 2.48. The zero-order chi connectivity index (χ0) is 12.9. The standard InChI is InChI=1S/C11H15BrClN3S2/c1-15-6-7(5-11(15)17-3-4-18-11)8-9(12)14-16(2)10(8)13/h7H,3-6H2,1-2H3. The summed E-state index contributed by atoms with van der Waals surface area (Å²) in [5.74, 6) is 2.98. The van der Waals surface area contributed by atoms with E-state index in [0.717, 1.165) is 22.7 Å². The second kappa shape index (κ2) is 4.88. The maximum Gasteiger partial charge on any atom is 0.133 e. The van der Waals surface area contributed by atoms with Gasteiger partial charge in [-0.25, -0.2) is 0 Å². The fourth-order valence-corrected chi connectivity index (χ4v) is 7.31. The topological polar surface area (TPSA) is 21.1 Å². The average molecular weight is 369 g/mol. The molecular weight excluding hydrogens is 354 g/mol. The Balaban J connectivity index is 1.91. The third kappa shape index (κ3) is 2.04. The number of nitrogens with zero attached hydrogens (tertiary/aromatic N) is 3. The highest BCUT2D eigenvalue weighted by molar-refractivity contribution is 9.10. The Morgan fingerprint density at radius 2 is 2.06 bits per heavy atom. The Bertz CT molecular complexity index is 473. The molecule has 1 unspecified atom stereocenters. The van der Waals surface area contributed by atoms with Gasteiger partial charge in [-0.1, -0.05) is 11.6 Å². The normalized spacial score (nSPS) is 27.4. The van der Waals surface area contributed by atoms with Crippen LogP contribution in [-0.2, 0) is 7.05 Å². The van der Waals surface area contributed by atoms with Gasteiger partial charge >= 0.3 is 0 Å². The molecule has 2 fully saturated rings. The van der Waals surface area contributed by atoms with Crippen molar-refractivity contribution in [2.45, 2.75) is 16.5 Å². The minimum absolute atomic E-state index is 0.267. The molecule has 2 saturated heterocycles. The van der Waals surface area contributed by atoms with E-state index < -0.39 is 0 Å². The summed E-state index contributed by atoms with van der Waals surface area (Å²) in [6.45, 7) is 1.06. The lowest BCUT2D eigenvalue weighted by Crippen LogP contribution is -2.32. The van der Waals surface area contributed by atoms with E-state index in [2.05, 4.69) is 56.5 Å². The van der Waals surface area contributed by atoms with Gasteiger partial charge in [0.25, 0.3) is 0 Å². The summed E-state index contributed by atoms with van der Waals surface area (Å²) in [7, 11) is 4.12. The highest BCUT2D eigenvalue weighted by atomic mass is 79.9. The second-order valence-corrected chi connectivity index (χ2v) is 8.92. The molecule has 3 heterocycles. The van der Waals surface area contributed by atoms with Crippen molar-refractivity contribution in [2.75, 3.05) is 25.1 Å². The maximum atomic E-state index is 6.38. The molecule has 0 aliphatic carbocycles. The van der Waals surface area contributed by atoms with Crippen LogP contribution in [0.2, 0.25) is 5.15 Å². The van der Waals surface area contributed by atoms with Crippen LogP contribution in [0.5, 0.6) is 0 Å². The lowest BCUT2D eigenvalue weighted by Gasteiger charge is -2.29. The van der Waals surface area contributed by atoms with Crippen molar-refractivity contribution >= 4 is 51.1 Å². The fourth-order valence-electron chi connectivity index (χ4n) is 2.80. The van der Waals surface area contributed by atoms with Crippen molar-refractivity contribution in [1.29, 1.82) is 0 Å². The molecule has 1 spiro atoms. The monoisotopic (exact) mass is 367 g/mol. The van der Waals surface area contributed by atoms with Gasteiger partial charge in [0.1, 0.15) is 14.0 Å². The summed E-state index contributed by atoms with van der Waals surface area (Å²) in [6, 6.07) is 0. The number of likely N-dealkylation sites (N-methyl/N-ethyl adjacent to an activating group) is 1. The second-order valence-electron chi connectivity index (χ2n) is 4.81. The molecule has 0 aromatic carbocycles. The lowest BCUT2D eigenvalue weighted by molar-refractivity contribution is 0.363. The van der Waals surface area contributed by atoms with Gasteiger partial charge < -0.3 is 0 Å². The lowest BCUT2D eigenvalue weighted by atomic mass is 10.0. The van der Waals surface area contributed by atoms with E-state index >= 15 is 0 Å². The SMILES string of the molecule is CN1CC(c2c(Br)nn(C)c2Cl)CC12SCCS2. The Kier molecular flexibility index (Phi) is 3.69. The van der Waals surface area contributed by atoms with Crippen LogP contribution >= 0.6 is 51.1 Å². The Morgan fingerprint density at radius 1 is 1.39 bits per heavy atom. The number of rotatable bonds is 1. The molecular formula is C11H15BrClN3S2. The molecule has 2 aliphatic rings. The smallest absolute Gasteiger partial charge is 0.133 e. The zero-order valence-corrected chi connectivity index (χ0v) is 14.3. The molecule has 100 valence electrons. The maximum absolute atomic E-state index is 6.38. The van der Waals surface area contributed by atoms with Crippen LogP contribution in [0.3, 0.4) is 0 Å². The summed E-state index contributed by atoms with van der Waals surface area (Å²) in [6.07, 6.45) is 1.16. The Morgan fingerprint density at radius 3 is 2.61 bits per heavy atom. The molecule has 7 heteroatoms. The highest BCUT2D eigenvalue weighted by Crippen LogP contribution is 2.56. The number of aromatic nitrogens is 2. The van der Waals surface area contributed by atoms with E-state index in [1.807, 2.05) is 7.05 Å². The van der Waals surface area contributed by atoms with Crippen molar-refractivity contribution in [1.82, 2.24) is 14.7 Å². The van der Waals surface area contributed by atoms with Crippen molar-refractivity contribution in [3.63, 3.8) is 0 Å². The van der Waals surface area contributed by atoms with Crippen LogP contribution in [0.25, 0.3) is 0 Å². The van der Waals surface area contributed by atoms with Crippen LogP contribution in [0.4, 0.5) is 0 Å². The van der Waals surface area contributed by atoms with Crippen LogP contribution in [0, 0.1) is 0 Å². The van der Waals surface area contributed by atoms with Crippen molar-refractivity contribution < 1.29 is 0 Å². The fraction of sp³-hybridized carbons (Fsp3) is 0.727. The predicted molar refractivity (Wildman–Crippen MR) is 83.6 cm³/mol. The van der Waals surface area contributed by atoms with Crippen LogP contribution < -0.4 is 0 Å². The van der Waals surface area contributed by atoms with E-state index in [0.29, 0.717) is 5.92 Å². The third-order valence-electron chi connectivity index (χ3n) is 3.69. The quantitative estimate of drug-likeness (QED) is 0.757. The summed E-state index contributed by atoms with van der Waals surface area (Å²) >= 11 is 14.1. The molecule has 0 N–H and O–H groups in total. The van der Waals surface area contributed by atoms with Crippen LogP contribution in [0.1, 0.15) is 17.9 Å². The Labute approximate surface area is 129 Å². The van der Waals surface area contributed by atoms with Gasteiger partial charge in [0.15, 0.2) is 0 Å². The molecule has 0 amide bonds. The third-order valence-corrected chi connectivity index (χ3v) is 8.37. The minimum atomic E-state index is 0.267. The number of thioether (sulfide) groups is 2. The van der Waals surface area contributed by atoms with E-state index in [1.54, 1.807) is 4.68 Å². The van der Waals surface area contributed by atoms with Crippen molar-refractivity contribution in [3.05, 3.63) is 15.3 Å². The first kappa shape index (κ1) is 13.6. The first-order valence-electron chi connectivity index (χ1n) is 5.90. The summed E-state index contributed by atoms with van der Waals surface area (Å²) in [4.78, 5) is 2.48. The van der Waals surface area contributed by atoms with Gasteiger partial charge in [0, 0.05) is 36.6 Å². The Hall–Kier alpha value is 0.640. The molecule has 3 rings (SSSR count). The number of likely N-dealkylation sites (tertiary alicyclic amines) is 1. The number of aryl methyl sites for hydroxylation is 1.